The van der Waals surface area contributed by atoms with Crippen LogP contribution in [0.15, 0.2) is 49.1 Å². The van der Waals surface area contributed by atoms with Crippen LogP contribution in [0.2, 0.25) is 0 Å². The normalized spacial score (nSPS) is 14.5. The molecule has 8 heteroatoms. The van der Waals surface area contributed by atoms with Crippen LogP contribution in [-0.2, 0) is 17.6 Å². The lowest BCUT2D eigenvalue weighted by molar-refractivity contribution is -0.120. The van der Waals surface area contributed by atoms with Crippen molar-refractivity contribution in [2.45, 2.75) is 18.9 Å². The number of carbonyl (C=O) groups excluding carboxylic acids is 1. The molecule has 2 aromatic carbocycles. The Morgan fingerprint density at radius 1 is 1.16 bits per heavy atom. The standard InChI is InChI=1S/C23H22FN3O4/c1-29-20-4-3-14(5-21(20)30-2)6-22(28)27-12-18-8-15-7-17(24)9-19(23(15)31-18)16-10-25-13-26-11-16/h3-5,7,9-11,13,18H,6,8,12H2,1-2H3,(H,27,28). The summed E-state index contributed by atoms with van der Waals surface area (Å²) in [6.07, 6.45) is 5.06. The molecular formula is C23H22FN3O4. The van der Waals surface area contributed by atoms with Crippen molar-refractivity contribution in [2.24, 2.45) is 0 Å². The number of rotatable bonds is 7. The van der Waals surface area contributed by atoms with Crippen molar-refractivity contribution in [3.8, 4) is 28.4 Å². The molecule has 160 valence electrons. The van der Waals surface area contributed by atoms with Crippen molar-refractivity contribution >= 4 is 5.91 Å². The monoisotopic (exact) mass is 423 g/mol. The number of nitrogens with zero attached hydrogens (tertiary/aromatic N) is 2. The molecule has 1 amide bonds. The van der Waals surface area contributed by atoms with E-state index in [0.717, 1.165) is 11.1 Å². The first-order chi connectivity index (χ1) is 15.1. The summed E-state index contributed by atoms with van der Waals surface area (Å²) in [4.78, 5) is 20.4. The van der Waals surface area contributed by atoms with Crippen molar-refractivity contribution in [2.75, 3.05) is 20.8 Å². The van der Waals surface area contributed by atoms with Gasteiger partial charge in [0.1, 0.15) is 24.0 Å². The third-order valence-electron chi connectivity index (χ3n) is 5.07. The molecule has 2 heterocycles. The molecule has 0 radical (unpaired) electrons. The van der Waals surface area contributed by atoms with Crippen LogP contribution in [0.25, 0.3) is 11.1 Å². The molecule has 0 saturated carbocycles. The summed E-state index contributed by atoms with van der Waals surface area (Å²) in [6, 6.07) is 8.24. The van der Waals surface area contributed by atoms with E-state index in [4.69, 9.17) is 14.2 Å². The van der Waals surface area contributed by atoms with Gasteiger partial charge in [-0.1, -0.05) is 6.07 Å². The molecule has 0 fully saturated rings. The van der Waals surface area contributed by atoms with E-state index in [2.05, 4.69) is 15.3 Å². The van der Waals surface area contributed by atoms with Gasteiger partial charge in [-0.05, 0) is 29.8 Å². The fourth-order valence-electron chi connectivity index (χ4n) is 3.63. The van der Waals surface area contributed by atoms with Gasteiger partial charge in [0.25, 0.3) is 0 Å². The molecule has 3 aromatic rings. The number of methoxy groups -OCH3 is 2. The van der Waals surface area contributed by atoms with E-state index in [1.54, 1.807) is 38.7 Å². The lowest BCUT2D eigenvalue weighted by Crippen LogP contribution is -2.35. The minimum absolute atomic E-state index is 0.144. The van der Waals surface area contributed by atoms with Gasteiger partial charge >= 0.3 is 0 Å². The summed E-state index contributed by atoms with van der Waals surface area (Å²) in [5.74, 6) is 1.29. The number of benzene rings is 2. The number of hydrogen-bond acceptors (Lipinski definition) is 6. The van der Waals surface area contributed by atoms with Crippen molar-refractivity contribution in [3.05, 3.63) is 66.0 Å². The smallest absolute Gasteiger partial charge is 0.224 e. The zero-order chi connectivity index (χ0) is 21.8. The summed E-state index contributed by atoms with van der Waals surface area (Å²) in [6.45, 7) is 0.313. The molecular weight excluding hydrogens is 401 g/mol. The average Bonchev–Trinajstić information content (AvgIpc) is 3.20. The molecule has 31 heavy (non-hydrogen) atoms. The largest absolute Gasteiger partial charge is 0.493 e. The van der Waals surface area contributed by atoms with Crippen molar-refractivity contribution in [1.82, 2.24) is 15.3 Å². The highest BCUT2D eigenvalue weighted by molar-refractivity contribution is 5.79. The van der Waals surface area contributed by atoms with E-state index in [0.29, 0.717) is 41.3 Å². The van der Waals surface area contributed by atoms with Crippen LogP contribution in [0.1, 0.15) is 11.1 Å². The van der Waals surface area contributed by atoms with Crippen LogP contribution in [-0.4, -0.2) is 42.7 Å². The summed E-state index contributed by atoms with van der Waals surface area (Å²) in [5.41, 5.74) is 2.85. The number of hydrogen-bond donors (Lipinski definition) is 1. The van der Waals surface area contributed by atoms with Gasteiger partial charge < -0.3 is 19.5 Å². The highest BCUT2D eigenvalue weighted by Gasteiger charge is 2.27. The Hall–Kier alpha value is -3.68. The van der Waals surface area contributed by atoms with Crippen LogP contribution in [0.4, 0.5) is 4.39 Å². The number of amides is 1. The lowest BCUT2D eigenvalue weighted by atomic mass is 10.0. The lowest BCUT2D eigenvalue weighted by Gasteiger charge is -2.14. The molecule has 4 rings (SSSR count). The van der Waals surface area contributed by atoms with Gasteiger partial charge in [-0.15, -0.1) is 0 Å². The fraction of sp³-hybridized carbons (Fsp3) is 0.261. The third-order valence-corrected chi connectivity index (χ3v) is 5.07. The van der Waals surface area contributed by atoms with Gasteiger partial charge in [0.05, 0.1) is 27.2 Å². The maximum atomic E-state index is 14.1. The topological polar surface area (TPSA) is 82.6 Å². The van der Waals surface area contributed by atoms with Gasteiger partial charge in [-0.3, -0.25) is 4.79 Å². The van der Waals surface area contributed by atoms with E-state index in [-0.39, 0.29) is 24.2 Å². The number of aromatic nitrogens is 2. The highest BCUT2D eigenvalue weighted by Crippen LogP contribution is 2.39. The molecule has 1 N–H and O–H groups in total. The molecule has 1 aromatic heterocycles. The Kier molecular flexibility index (Phi) is 5.97. The zero-order valence-electron chi connectivity index (χ0n) is 17.2. The van der Waals surface area contributed by atoms with E-state index in [9.17, 15) is 9.18 Å². The van der Waals surface area contributed by atoms with Gasteiger partial charge in [-0.2, -0.15) is 0 Å². The Labute approximate surface area is 179 Å². The summed E-state index contributed by atoms with van der Waals surface area (Å²) in [7, 11) is 3.11. The van der Waals surface area contributed by atoms with Gasteiger partial charge in [0.2, 0.25) is 5.91 Å². The van der Waals surface area contributed by atoms with Gasteiger partial charge in [-0.25, -0.2) is 14.4 Å². The second-order valence-corrected chi connectivity index (χ2v) is 7.18. The molecule has 7 nitrogen and oxygen atoms in total. The Balaban J connectivity index is 1.39. The number of halogens is 1. The first-order valence-electron chi connectivity index (χ1n) is 9.79. The first kappa shape index (κ1) is 20.6. The van der Waals surface area contributed by atoms with E-state index >= 15 is 0 Å². The summed E-state index contributed by atoms with van der Waals surface area (Å²) >= 11 is 0. The van der Waals surface area contributed by atoms with Gasteiger partial charge in [0, 0.05) is 35.5 Å². The van der Waals surface area contributed by atoms with Crippen molar-refractivity contribution in [3.63, 3.8) is 0 Å². The van der Waals surface area contributed by atoms with E-state index in [1.807, 2.05) is 6.07 Å². The molecule has 1 aliphatic rings. The number of nitrogens with one attached hydrogen (secondary N) is 1. The van der Waals surface area contributed by atoms with E-state index < -0.39 is 0 Å². The van der Waals surface area contributed by atoms with Crippen LogP contribution in [0, 0.1) is 5.82 Å². The maximum Gasteiger partial charge on any atom is 0.224 e. The number of fused-ring (bicyclic) bond motifs is 1. The molecule has 0 saturated heterocycles. The Morgan fingerprint density at radius 2 is 1.94 bits per heavy atom. The second kappa shape index (κ2) is 8.99. The maximum absolute atomic E-state index is 14.1. The Morgan fingerprint density at radius 3 is 2.68 bits per heavy atom. The predicted molar refractivity (Wildman–Crippen MR) is 112 cm³/mol. The van der Waals surface area contributed by atoms with Gasteiger partial charge in [0.15, 0.2) is 11.5 Å². The number of ether oxygens (including phenoxy) is 3. The molecule has 0 spiro atoms. The van der Waals surface area contributed by atoms with Crippen LogP contribution in [0.5, 0.6) is 17.2 Å². The molecule has 1 aliphatic heterocycles. The quantitative estimate of drug-likeness (QED) is 0.629. The minimum Gasteiger partial charge on any atom is -0.493 e. The number of carbonyl (C=O) groups is 1. The molecule has 0 bridgehead atoms. The summed E-state index contributed by atoms with van der Waals surface area (Å²) in [5, 5.41) is 2.89. The van der Waals surface area contributed by atoms with Crippen LogP contribution in [0.3, 0.4) is 0 Å². The predicted octanol–water partition coefficient (Wildman–Crippen LogP) is 2.96. The first-order valence-corrected chi connectivity index (χ1v) is 9.79. The minimum atomic E-state index is -0.348. The average molecular weight is 423 g/mol. The van der Waals surface area contributed by atoms with E-state index in [1.165, 1.54) is 18.5 Å². The van der Waals surface area contributed by atoms with Crippen molar-refractivity contribution in [1.29, 1.82) is 0 Å². The van der Waals surface area contributed by atoms with Crippen molar-refractivity contribution < 1.29 is 23.4 Å². The third kappa shape index (κ3) is 4.58. The SMILES string of the molecule is COc1ccc(CC(=O)NCC2Cc3cc(F)cc(-c4cncnc4)c3O2)cc1OC. The highest BCUT2D eigenvalue weighted by atomic mass is 19.1. The second-order valence-electron chi connectivity index (χ2n) is 7.18. The fourth-order valence-corrected chi connectivity index (χ4v) is 3.63. The summed E-state index contributed by atoms with van der Waals surface area (Å²) < 4.78 is 30.7. The molecule has 1 atom stereocenters. The molecule has 1 unspecified atom stereocenters. The van der Waals surface area contributed by atoms with Crippen LogP contribution >= 0.6 is 0 Å². The Bertz CT molecular complexity index is 1090. The van der Waals surface area contributed by atoms with Crippen LogP contribution < -0.4 is 19.5 Å². The molecule has 0 aliphatic carbocycles. The zero-order valence-corrected chi connectivity index (χ0v) is 17.2.